The van der Waals surface area contributed by atoms with E-state index in [4.69, 9.17) is 15.2 Å². The summed E-state index contributed by atoms with van der Waals surface area (Å²) in [6, 6.07) is 5.36. The van der Waals surface area contributed by atoms with Crippen molar-refractivity contribution in [3.05, 3.63) is 23.8 Å². The maximum atomic E-state index is 12.5. The second-order valence-corrected chi connectivity index (χ2v) is 6.40. The van der Waals surface area contributed by atoms with Gasteiger partial charge in [-0.1, -0.05) is 6.07 Å². The van der Waals surface area contributed by atoms with Gasteiger partial charge in [-0.3, -0.25) is 4.90 Å². The number of hydrogen-bond acceptors (Lipinski definition) is 5. The molecule has 0 spiro atoms. The molecule has 0 aromatic heterocycles. The predicted molar refractivity (Wildman–Crippen MR) is 86.0 cm³/mol. The Balaban J connectivity index is 2.28. The van der Waals surface area contributed by atoms with Gasteiger partial charge in [-0.15, -0.1) is 0 Å². The minimum atomic E-state index is -0.516. The number of methoxy groups -OCH3 is 1. The molecule has 1 aromatic rings. The van der Waals surface area contributed by atoms with Gasteiger partial charge in [0.25, 0.3) is 0 Å². The number of rotatable bonds is 2. The zero-order chi connectivity index (χ0) is 16.3. The van der Waals surface area contributed by atoms with Crippen molar-refractivity contribution >= 4 is 11.8 Å². The first-order valence-corrected chi connectivity index (χ1v) is 7.45. The summed E-state index contributed by atoms with van der Waals surface area (Å²) in [4.78, 5) is 14.2. The van der Waals surface area contributed by atoms with E-state index in [0.717, 1.165) is 12.1 Å². The Labute approximate surface area is 131 Å². The van der Waals surface area contributed by atoms with Crippen molar-refractivity contribution < 1.29 is 14.3 Å². The molecule has 122 valence electrons. The molecule has 2 rings (SSSR count). The van der Waals surface area contributed by atoms with Crippen LogP contribution in [0, 0.1) is 0 Å². The fourth-order valence-electron chi connectivity index (χ4n) is 2.52. The lowest BCUT2D eigenvalue weighted by Crippen LogP contribution is -2.50. The van der Waals surface area contributed by atoms with Crippen LogP contribution in [0.5, 0.6) is 5.75 Å². The van der Waals surface area contributed by atoms with Gasteiger partial charge in [-0.2, -0.15) is 0 Å². The monoisotopic (exact) mass is 307 g/mol. The number of nitrogens with zero attached hydrogens (tertiary/aromatic N) is 1. The normalized spacial score (nSPS) is 18.9. The quantitative estimate of drug-likeness (QED) is 0.819. The molecule has 1 unspecified atom stereocenters. The van der Waals surface area contributed by atoms with Gasteiger partial charge in [-0.05, 0) is 26.8 Å². The van der Waals surface area contributed by atoms with E-state index in [1.165, 1.54) is 0 Å². The average Bonchev–Trinajstić information content (AvgIpc) is 2.45. The van der Waals surface area contributed by atoms with Crippen LogP contribution in [0.25, 0.3) is 0 Å². The van der Waals surface area contributed by atoms with Crippen molar-refractivity contribution in [1.82, 2.24) is 10.2 Å². The zero-order valence-corrected chi connectivity index (χ0v) is 13.7. The van der Waals surface area contributed by atoms with Crippen LogP contribution in [0.4, 0.5) is 10.5 Å². The van der Waals surface area contributed by atoms with E-state index >= 15 is 0 Å². The first kappa shape index (κ1) is 16.4. The molecular weight excluding hydrogens is 282 g/mol. The number of hydrogen-bond donors (Lipinski definition) is 2. The molecule has 0 bridgehead atoms. The first-order chi connectivity index (χ1) is 10.3. The van der Waals surface area contributed by atoms with Crippen molar-refractivity contribution in [2.75, 3.05) is 32.5 Å². The highest BCUT2D eigenvalue weighted by Crippen LogP contribution is 2.32. The van der Waals surface area contributed by atoms with Gasteiger partial charge in [-0.25, -0.2) is 4.79 Å². The highest BCUT2D eigenvalue weighted by Gasteiger charge is 2.32. The van der Waals surface area contributed by atoms with Crippen LogP contribution in [-0.4, -0.2) is 43.3 Å². The number of carbonyl (C=O) groups excluding carboxylic acids is 1. The molecule has 1 fully saturated rings. The van der Waals surface area contributed by atoms with E-state index < -0.39 is 5.60 Å². The van der Waals surface area contributed by atoms with Crippen LogP contribution in [0.3, 0.4) is 0 Å². The second-order valence-electron chi connectivity index (χ2n) is 6.40. The van der Waals surface area contributed by atoms with Crippen molar-refractivity contribution in [2.24, 2.45) is 0 Å². The number of nitrogens with one attached hydrogen (secondary N) is 1. The fourth-order valence-corrected chi connectivity index (χ4v) is 2.52. The molecule has 1 aliphatic heterocycles. The lowest BCUT2D eigenvalue weighted by molar-refractivity contribution is 0.0116. The Morgan fingerprint density at radius 1 is 1.41 bits per heavy atom. The van der Waals surface area contributed by atoms with Crippen molar-refractivity contribution in [3.63, 3.8) is 0 Å². The molecule has 6 heteroatoms. The van der Waals surface area contributed by atoms with E-state index in [2.05, 4.69) is 5.32 Å². The van der Waals surface area contributed by atoms with Gasteiger partial charge in [0.15, 0.2) is 0 Å². The van der Waals surface area contributed by atoms with E-state index in [1.807, 2.05) is 32.9 Å². The molecule has 1 saturated heterocycles. The SMILES string of the molecule is COc1cc(N)ccc1C1CNCCN1C(=O)OC(C)(C)C. The van der Waals surface area contributed by atoms with Crippen molar-refractivity contribution in [3.8, 4) is 5.75 Å². The van der Waals surface area contributed by atoms with Gasteiger partial charge in [0.1, 0.15) is 11.4 Å². The zero-order valence-electron chi connectivity index (χ0n) is 13.7. The Kier molecular flexibility index (Phi) is 4.81. The minimum Gasteiger partial charge on any atom is -0.496 e. The molecule has 0 aliphatic carbocycles. The molecular formula is C16H25N3O3. The van der Waals surface area contributed by atoms with Crippen molar-refractivity contribution in [2.45, 2.75) is 32.4 Å². The Hall–Kier alpha value is -1.95. The number of benzene rings is 1. The van der Waals surface area contributed by atoms with E-state index in [-0.39, 0.29) is 12.1 Å². The molecule has 1 aliphatic rings. The number of carbonyl (C=O) groups is 1. The summed E-state index contributed by atoms with van der Waals surface area (Å²) in [6.45, 7) is 7.59. The third-order valence-corrected chi connectivity index (χ3v) is 3.49. The van der Waals surface area contributed by atoms with Crippen LogP contribution in [0.2, 0.25) is 0 Å². The summed E-state index contributed by atoms with van der Waals surface area (Å²) < 4.78 is 10.9. The molecule has 6 nitrogen and oxygen atoms in total. The number of nitrogen functional groups attached to an aromatic ring is 1. The topological polar surface area (TPSA) is 76.8 Å². The Morgan fingerprint density at radius 2 is 2.14 bits per heavy atom. The largest absolute Gasteiger partial charge is 0.496 e. The average molecular weight is 307 g/mol. The number of piperazine rings is 1. The summed E-state index contributed by atoms with van der Waals surface area (Å²) in [5.41, 5.74) is 6.85. The minimum absolute atomic E-state index is 0.140. The van der Waals surface area contributed by atoms with Gasteiger partial charge in [0.05, 0.1) is 13.2 Å². The van der Waals surface area contributed by atoms with Crippen LogP contribution >= 0.6 is 0 Å². The number of amides is 1. The van der Waals surface area contributed by atoms with Gasteiger partial charge < -0.3 is 20.5 Å². The summed E-state index contributed by atoms with van der Waals surface area (Å²) in [7, 11) is 1.60. The standard InChI is InChI=1S/C16H25N3O3/c1-16(2,3)22-15(20)19-8-7-18-10-13(19)12-6-5-11(17)9-14(12)21-4/h5-6,9,13,18H,7-8,10,17H2,1-4H3. The third kappa shape index (κ3) is 3.82. The maximum absolute atomic E-state index is 12.5. The number of anilines is 1. The van der Waals surface area contributed by atoms with Crippen LogP contribution in [0.1, 0.15) is 32.4 Å². The van der Waals surface area contributed by atoms with E-state index in [9.17, 15) is 4.79 Å². The summed E-state index contributed by atoms with van der Waals surface area (Å²) in [5.74, 6) is 0.683. The summed E-state index contributed by atoms with van der Waals surface area (Å²) in [6.07, 6.45) is -0.308. The van der Waals surface area contributed by atoms with E-state index in [1.54, 1.807) is 18.1 Å². The lowest BCUT2D eigenvalue weighted by atomic mass is 10.0. The van der Waals surface area contributed by atoms with Crippen LogP contribution in [0.15, 0.2) is 18.2 Å². The van der Waals surface area contributed by atoms with Crippen LogP contribution < -0.4 is 15.8 Å². The molecule has 0 saturated carbocycles. The molecule has 1 amide bonds. The maximum Gasteiger partial charge on any atom is 0.410 e. The van der Waals surface area contributed by atoms with E-state index in [0.29, 0.717) is 24.5 Å². The number of ether oxygens (including phenoxy) is 2. The van der Waals surface area contributed by atoms with Gasteiger partial charge >= 0.3 is 6.09 Å². The van der Waals surface area contributed by atoms with Crippen molar-refractivity contribution in [1.29, 1.82) is 0 Å². The molecule has 0 radical (unpaired) electrons. The molecule has 1 atom stereocenters. The predicted octanol–water partition coefficient (Wildman–Crippen LogP) is 2.16. The molecule has 3 N–H and O–H groups in total. The molecule has 1 aromatic carbocycles. The third-order valence-electron chi connectivity index (χ3n) is 3.49. The first-order valence-electron chi connectivity index (χ1n) is 7.45. The second kappa shape index (κ2) is 6.44. The lowest BCUT2D eigenvalue weighted by Gasteiger charge is -2.37. The smallest absolute Gasteiger partial charge is 0.410 e. The van der Waals surface area contributed by atoms with Crippen LogP contribution in [-0.2, 0) is 4.74 Å². The fraction of sp³-hybridized carbons (Fsp3) is 0.562. The highest BCUT2D eigenvalue weighted by atomic mass is 16.6. The molecule has 1 heterocycles. The Morgan fingerprint density at radius 3 is 2.77 bits per heavy atom. The highest BCUT2D eigenvalue weighted by molar-refractivity contribution is 5.69. The number of nitrogens with two attached hydrogens (primary N) is 1. The summed E-state index contributed by atoms with van der Waals surface area (Å²) in [5, 5.41) is 3.31. The van der Waals surface area contributed by atoms with Gasteiger partial charge in [0.2, 0.25) is 0 Å². The Bertz CT molecular complexity index is 540. The summed E-state index contributed by atoms with van der Waals surface area (Å²) >= 11 is 0. The van der Waals surface area contributed by atoms with Gasteiger partial charge in [0, 0.05) is 37.0 Å². The molecule has 22 heavy (non-hydrogen) atoms.